The molecule has 0 saturated carbocycles. The summed E-state index contributed by atoms with van der Waals surface area (Å²) in [5.41, 5.74) is 2.32. The fourth-order valence-electron chi connectivity index (χ4n) is 4.26. The first kappa shape index (κ1) is 25.9. The number of hydrogen-bond donors (Lipinski definition) is 4. The van der Waals surface area contributed by atoms with Crippen LogP contribution in [0.3, 0.4) is 0 Å². The number of aromatic amines is 1. The van der Waals surface area contributed by atoms with Gasteiger partial charge in [0.2, 0.25) is 0 Å². The van der Waals surface area contributed by atoms with E-state index < -0.39 is 30.7 Å². The van der Waals surface area contributed by atoms with E-state index in [2.05, 4.69) is 4.98 Å². The molecule has 0 unspecified atom stereocenters. The molecule has 2 aromatic heterocycles. The Hall–Kier alpha value is -4.16. The molecule has 0 fully saturated rings. The summed E-state index contributed by atoms with van der Waals surface area (Å²) in [6.45, 7) is -0.758. The Balaban J connectivity index is 1.76. The van der Waals surface area contributed by atoms with Crippen LogP contribution in [0.25, 0.3) is 33.2 Å². The fraction of sp³-hybridized carbons (Fsp3) is 0.250. The Morgan fingerprint density at radius 1 is 0.784 bits per heavy atom. The summed E-state index contributed by atoms with van der Waals surface area (Å²) >= 11 is 0. The molecule has 2 heterocycles. The maximum Gasteiger partial charge on any atom is 0.471 e. The first-order chi connectivity index (χ1) is 17.4. The molecule has 4 aromatic rings. The van der Waals surface area contributed by atoms with Gasteiger partial charge in [-0.15, -0.1) is 0 Å². The number of nitrogens with one attached hydrogen (secondary N) is 3. The zero-order chi connectivity index (χ0) is 27.0. The molecule has 0 radical (unpaired) electrons. The number of hydrogen-bond acceptors (Lipinski definition) is 3. The SMILES string of the molecule is O=C(NCCc1c(-c2c(CCNC(=O)C(F)(F)F)c3ccccc3n2O)[nH]c2ccccc12)C(F)(F)F. The summed E-state index contributed by atoms with van der Waals surface area (Å²) in [5.74, 6) is -4.19. The van der Waals surface area contributed by atoms with Gasteiger partial charge in [-0.1, -0.05) is 36.4 Å². The Morgan fingerprint density at radius 3 is 1.89 bits per heavy atom. The van der Waals surface area contributed by atoms with E-state index in [1.165, 1.54) is 0 Å². The molecule has 37 heavy (non-hydrogen) atoms. The van der Waals surface area contributed by atoms with Gasteiger partial charge in [0, 0.05) is 29.4 Å². The predicted octanol–water partition coefficient (Wildman–Crippen LogP) is 4.47. The lowest BCUT2D eigenvalue weighted by Crippen LogP contribution is -2.37. The number of carbonyl (C=O) groups excluding carboxylic acids is 2. The fourth-order valence-corrected chi connectivity index (χ4v) is 4.26. The van der Waals surface area contributed by atoms with Gasteiger partial charge >= 0.3 is 24.2 Å². The van der Waals surface area contributed by atoms with Crippen molar-refractivity contribution in [3.63, 3.8) is 0 Å². The molecule has 0 aliphatic rings. The number of rotatable bonds is 7. The normalized spacial score (nSPS) is 12.3. The smallest absolute Gasteiger partial charge is 0.428 e. The van der Waals surface area contributed by atoms with Crippen molar-refractivity contribution in [1.29, 1.82) is 0 Å². The molecule has 2 aromatic carbocycles. The number of para-hydroxylation sites is 2. The van der Waals surface area contributed by atoms with Gasteiger partial charge in [0.1, 0.15) is 5.69 Å². The largest absolute Gasteiger partial charge is 0.471 e. The van der Waals surface area contributed by atoms with Gasteiger partial charge in [0.25, 0.3) is 0 Å². The lowest BCUT2D eigenvalue weighted by Gasteiger charge is -2.12. The topological polar surface area (TPSA) is 99.2 Å². The standard InChI is InChI=1S/C24H20F6N4O3/c25-23(26,27)21(35)31-11-9-15-13-5-1-3-7-17(13)33-19(15)20-16(10-12-32-22(36)24(28,29)30)14-6-2-4-8-18(14)34(20)37/h1-8,33,37H,9-12H2,(H,31,35)(H,32,36). The highest BCUT2D eigenvalue weighted by Gasteiger charge is 2.39. The molecule has 2 amide bonds. The molecule has 13 heteroatoms. The highest BCUT2D eigenvalue weighted by molar-refractivity contribution is 5.96. The van der Waals surface area contributed by atoms with Crippen LogP contribution in [-0.2, 0) is 22.4 Å². The van der Waals surface area contributed by atoms with Crippen LogP contribution in [0.15, 0.2) is 48.5 Å². The second kappa shape index (κ2) is 9.71. The van der Waals surface area contributed by atoms with E-state index in [4.69, 9.17) is 0 Å². The maximum atomic E-state index is 12.6. The predicted molar refractivity (Wildman–Crippen MR) is 122 cm³/mol. The van der Waals surface area contributed by atoms with Crippen molar-refractivity contribution in [2.24, 2.45) is 0 Å². The highest BCUT2D eigenvalue weighted by atomic mass is 19.4. The number of fused-ring (bicyclic) bond motifs is 2. The molecule has 0 atom stereocenters. The lowest BCUT2D eigenvalue weighted by atomic mass is 10.0. The van der Waals surface area contributed by atoms with Gasteiger partial charge in [-0.2, -0.15) is 31.1 Å². The molecule has 196 valence electrons. The zero-order valence-electron chi connectivity index (χ0n) is 18.9. The van der Waals surface area contributed by atoms with Crippen LogP contribution >= 0.6 is 0 Å². The monoisotopic (exact) mass is 526 g/mol. The van der Waals surface area contributed by atoms with Crippen LogP contribution in [0.4, 0.5) is 26.3 Å². The molecule has 0 saturated heterocycles. The van der Waals surface area contributed by atoms with E-state index in [0.717, 1.165) is 4.73 Å². The summed E-state index contributed by atoms with van der Waals surface area (Å²) in [5, 5.41) is 15.8. The summed E-state index contributed by atoms with van der Waals surface area (Å²) in [6, 6.07) is 13.4. The molecule has 4 rings (SSSR count). The van der Waals surface area contributed by atoms with Gasteiger partial charge < -0.3 is 20.8 Å². The van der Waals surface area contributed by atoms with Crippen LogP contribution in [0.5, 0.6) is 0 Å². The molecular weight excluding hydrogens is 506 g/mol. The van der Waals surface area contributed by atoms with E-state index in [1.54, 1.807) is 53.8 Å². The van der Waals surface area contributed by atoms with Crippen molar-refractivity contribution in [3.05, 3.63) is 59.7 Å². The van der Waals surface area contributed by atoms with Crippen LogP contribution in [0.1, 0.15) is 11.1 Å². The average molecular weight is 526 g/mol. The lowest BCUT2D eigenvalue weighted by molar-refractivity contribution is -0.173. The van der Waals surface area contributed by atoms with Crippen molar-refractivity contribution in [2.45, 2.75) is 25.2 Å². The Morgan fingerprint density at radius 2 is 1.30 bits per heavy atom. The minimum atomic E-state index is -5.06. The van der Waals surface area contributed by atoms with Crippen LogP contribution in [0.2, 0.25) is 0 Å². The van der Waals surface area contributed by atoms with Crippen LogP contribution in [-0.4, -0.2) is 52.2 Å². The van der Waals surface area contributed by atoms with Crippen molar-refractivity contribution in [1.82, 2.24) is 20.3 Å². The number of nitrogens with zero attached hydrogens (tertiary/aromatic N) is 1. The van der Waals surface area contributed by atoms with E-state index in [0.29, 0.717) is 38.6 Å². The second-order valence-corrected chi connectivity index (χ2v) is 8.19. The summed E-state index contributed by atoms with van der Waals surface area (Å²) in [6.07, 6.45) is -10.2. The first-order valence-corrected chi connectivity index (χ1v) is 11.0. The maximum absolute atomic E-state index is 12.6. The number of amides is 2. The molecular formula is C24H20F6N4O3. The van der Waals surface area contributed by atoms with Crippen molar-refractivity contribution >= 4 is 33.6 Å². The first-order valence-electron chi connectivity index (χ1n) is 11.0. The van der Waals surface area contributed by atoms with E-state index in [-0.39, 0.29) is 25.1 Å². The van der Waals surface area contributed by atoms with E-state index in [1.807, 2.05) is 5.32 Å². The van der Waals surface area contributed by atoms with Gasteiger partial charge in [0.05, 0.1) is 11.2 Å². The third-order valence-corrected chi connectivity index (χ3v) is 5.84. The summed E-state index contributed by atoms with van der Waals surface area (Å²) in [4.78, 5) is 25.7. The molecule has 0 spiro atoms. The quantitative estimate of drug-likeness (QED) is 0.211. The number of aromatic nitrogens is 2. The Labute approximate surface area is 205 Å². The number of alkyl halides is 6. The van der Waals surface area contributed by atoms with Gasteiger partial charge in [-0.3, -0.25) is 9.59 Å². The van der Waals surface area contributed by atoms with Gasteiger partial charge in [-0.25, -0.2) is 0 Å². The van der Waals surface area contributed by atoms with Crippen molar-refractivity contribution in [2.75, 3.05) is 13.1 Å². The minimum Gasteiger partial charge on any atom is -0.428 e. The highest BCUT2D eigenvalue weighted by Crippen LogP contribution is 2.37. The van der Waals surface area contributed by atoms with Crippen LogP contribution in [0, 0.1) is 0 Å². The molecule has 0 aliphatic carbocycles. The third kappa shape index (κ3) is 5.20. The molecule has 7 nitrogen and oxygen atoms in total. The summed E-state index contributed by atoms with van der Waals surface area (Å²) < 4.78 is 76.6. The van der Waals surface area contributed by atoms with Crippen molar-refractivity contribution < 1.29 is 41.1 Å². The minimum absolute atomic E-state index is 0.0487. The average Bonchev–Trinajstić information content (AvgIpc) is 3.33. The molecule has 0 bridgehead atoms. The van der Waals surface area contributed by atoms with E-state index >= 15 is 0 Å². The Bertz CT molecular complexity index is 1470. The van der Waals surface area contributed by atoms with Crippen molar-refractivity contribution in [3.8, 4) is 11.4 Å². The zero-order valence-corrected chi connectivity index (χ0v) is 18.9. The number of H-pyrrole nitrogens is 1. The number of carbonyl (C=O) groups is 2. The number of benzene rings is 2. The third-order valence-electron chi connectivity index (χ3n) is 5.84. The summed E-state index contributed by atoms with van der Waals surface area (Å²) in [7, 11) is 0. The Kier molecular flexibility index (Phi) is 6.80. The van der Waals surface area contributed by atoms with Gasteiger partial charge in [0.15, 0.2) is 0 Å². The molecule has 4 N–H and O–H groups in total. The van der Waals surface area contributed by atoms with E-state index in [9.17, 15) is 41.1 Å². The van der Waals surface area contributed by atoms with Gasteiger partial charge in [-0.05, 0) is 36.1 Å². The van der Waals surface area contributed by atoms with Crippen LogP contribution < -0.4 is 10.6 Å². The molecule has 0 aliphatic heterocycles. The second-order valence-electron chi connectivity index (χ2n) is 8.19. The number of halogens is 6.